The summed E-state index contributed by atoms with van der Waals surface area (Å²) >= 11 is 6.06. The minimum Gasteiger partial charge on any atom is -0.465 e. The Morgan fingerprint density at radius 2 is 2.20 bits per heavy atom. The molecule has 0 saturated heterocycles. The van der Waals surface area contributed by atoms with Crippen molar-refractivity contribution in [3.8, 4) is 0 Å². The molecule has 1 heterocycles. The number of halogens is 1. The number of esters is 1. The van der Waals surface area contributed by atoms with Crippen molar-refractivity contribution in [1.82, 2.24) is 4.09 Å². The Hall–Kier alpha value is -1.48. The number of nitrogens with zero attached hydrogens (tertiary/aromatic N) is 1. The monoisotopic (exact) mass is 223 g/mol. The third kappa shape index (κ3) is 1.49. The Labute approximate surface area is 92.3 Å². The molecular formula is C11H10ClNO2. The first kappa shape index (κ1) is 10.1. The molecule has 0 unspecified atom stereocenters. The fraction of sp³-hybridized carbons (Fsp3) is 0.182. The fourth-order valence-corrected chi connectivity index (χ4v) is 1.87. The molecule has 0 amide bonds. The molecule has 1 aromatic heterocycles. The Morgan fingerprint density at radius 1 is 1.47 bits per heavy atom. The lowest BCUT2D eigenvalue weighted by Gasteiger charge is -2.02. The summed E-state index contributed by atoms with van der Waals surface area (Å²) in [7, 11) is 1.36. The summed E-state index contributed by atoms with van der Waals surface area (Å²) in [5, 5.41) is 0.936. The van der Waals surface area contributed by atoms with Crippen LogP contribution in [0.4, 0.5) is 0 Å². The van der Waals surface area contributed by atoms with Crippen molar-refractivity contribution in [2.75, 3.05) is 7.11 Å². The molecule has 0 fully saturated rings. The zero-order chi connectivity index (χ0) is 11.0. The number of fused-ring (bicyclic) bond motifs is 1. The van der Waals surface area contributed by atoms with Crippen LogP contribution in [0.25, 0.3) is 10.9 Å². The van der Waals surface area contributed by atoms with E-state index >= 15 is 0 Å². The van der Waals surface area contributed by atoms with Crippen molar-refractivity contribution in [2.45, 2.75) is 6.92 Å². The number of aromatic nitrogens is 1. The number of carbonyl (C=O) groups excluding carboxylic acids is 1. The van der Waals surface area contributed by atoms with Gasteiger partial charge in [0, 0.05) is 22.9 Å². The molecule has 0 aliphatic rings. The van der Waals surface area contributed by atoms with Crippen LogP contribution in [0.3, 0.4) is 0 Å². The Bertz CT molecular complexity index is 531. The van der Waals surface area contributed by atoms with E-state index in [1.807, 2.05) is 25.1 Å². The van der Waals surface area contributed by atoms with Crippen LogP contribution in [0, 0.1) is 6.92 Å². The summed E-state index contributed by atoms with van der Waals surface area (Å²) in [5.74, 6) is -0.374. The third-order valence-corrected chi connectivity index (χ3v) is 2.78. The molecule has 1 aromatic carbocycles. The van der Waals surface area contributed by atoms with Crippen LogP contribution in [-0.2, 0) is 4.74 Å². The Kier molecular flexibility index (Phi) is 2.40. The second kappa shape index (κ2) is 3.59. The summed E-state index contributed by atoms with van der Waals surface area (Å²) in [6.07, 6.45) is 0. The molecule has 0 N–H and O–H groups in total. The maximum Gasteiger partial charge on any atom is 0.340 e. The SMILES string of the molecule is COC(=O)c1cccc2cc(C)n(Cl)c12. The van der Waals surface area contributed by atoms with Gasteiger partial charge in [-0.1, -0.05) is 12.1 Å². The maximum atomic E-state index is 11.5. The summed E-state index contributed by atoms with van der Waals surface area (Å²) < 4.78 is 6.17. The average Bonchev–Trinajstić information content (AvgIpc) is 2.54. The highest BCUT2D eigenvalue weighted by molar-refractivity contribution is 6.21. The fourth-order valence-electron chi connectivity index (χ4n) is 1.63. The molecule has 0 aliphatic carbocycles. The average molecular weight is 224 g/mol. The molecule has 0 aliphatic heterocycles. The van der Waals surface area contributed by atoms with Gasteiger partial charge in [-0.3, -0.25) is 4.09 Å². The van der Waals surface area contributed by atoms with Gasteiger partial charge in [0.1, 0.15) is 0 Å². The summed E-state index contributed by atoms with van der Waals surface area (Å²) in [6.45, 7) is 1.88. The van der Waals surface area contributed by atoms with E-state index in [0.717, 1.165) is 11.1 Å². The first-order valence-electron chi connectivity index (χ1n) is 4.50. The molecule has 3 nitrogen and oxygen atoms in total. The molecule has 0 bridgehead atoms. The maximum absolute atomic E-state index is 11.5. The largest absolute Gasteiger partial charge is 0.465 e. The van der Waals surface area contributed by atoms with Crippen molar-refractivity contribution in [2.24, 2.45) is 0 Å². The van der Waals surface area contributed by atoms with Gasteiger partial charge in [0.2, 0.25) is 0 Å². The highest BCUT2D eigenvalue weighted by Gasteiger charge is 2.14. The van der Waals surface area contributed by atoms with Gasteiger partial charge in [-0.2, -0.15) is 0 Å². The molecule has 0 spiro atoms. The standard InChI is InChI=1S/C11H10ClNO2/c1-7-6-8-4-3-5-9(11(14)15-2)10(8)13(7)12/h3-6H,1-2H3. The highest BCUT2D eigenvalue weighted by Crippen LogP contribution is 2.24. The van der Waals surface area contributed by atoms with E-state index in [4.69, 9.17) is 16.5 Å². The molecule has 0 atom stereocenters. The lowest BCUT2D eigenvalue weighted by molar-refractivity contribution is 0.0602. The smallest absolute Gasteiger partial charge is 0.340 e. The van der Waals surface area contributed by atoms with E-state index in [-0.39, 0.29) is 5.97 Å². The normalized spacial score (nSPS) is 10.6. The summed E-state index contributed by atoms with van der Waals surface area (Å²) in [6, 6.07) is 7.35. The molecule has 0 saturated carbocycles. The van der Waals surface area contributed by atoms with Gasteiger partial charge in [0.15, 0.2) is 0 Å². The van der Waals surface area contributed by atoms with Crippen molar-refractivity contribution in [3.05, 3.63) is 35.5 Å². The van der Waals surface area contributed by atoms with Crippen LogP contribution in [0.1, 0.15) is 16.1 Å². The highest BCUT2D eigenvalue weighted by atomic mass is 35.5. The van der Waals surface area contributed by atoms with Crippen molar-refractivity contribution < 1.29 is 9.53 Å². The number of methoxy groups -OCH3 is 1. The zero-order valence-corrected chi connectivity index (χ0v) is 9.21. The van der Waals surface area contributed by atoms with Crippen LogP contribution < -0.4 is 0 Å². The van der Waals surface area contributed by atoms with E-state index in [2.05, 4.69) is 0 Å². The number of benzene rings is 1. The zero-order valence-electron chi connectivity index (χ0n) is 8.45. The van der Waals surface area contributed by atoms with Crippen molar-refractivity contribution in [1.29, 1.82) is 0 Å². The van der Waals surface area contributed by atoms with Gasteiger partial charge in [0.25, 0.3) is 0 Å². The van der Waals surface area contributed by atoms with Crippen LogP contribution in [0.15, 0.2) is 24.3 Å². The number of para-hydroxylation sites is 1. The molecule has 78 valence electrons. The van der Waals surface area contributed by atoms with Gasteiger partial charge < -0.3 is 4.74 Å². The van der Waals surface area contributed by atoms with Crippen LogP contribution in [-0.4, -0.2) is 17.2 Å². The van der Waals surface area contributed by atoms with Crippen LogP contribution in [0.5, 0.6) is 0 Å². The molecule has 2 rings (SSSR count). The molecular weight excluding hydrogens is 214 g/mol. The van der Waals surface area contributed by atoms with Gasteiger partial charge in [0.05, 0.1) is 18.2 Å². The number of aryl methyl sites for hydroxylation is 1. The van der Waals surface area contributed by atoms with E-state index in [1.165, 1.54) is 11.2 Å². The lowest BCUT2D eigenvalue weighted by Crippen LogP contribution is -2.03. The second-order valence-corrected chi connectivity index (χ2v) is 3.64. The number of hydrogen-bond donors (Lipinski definition) is 0. The van der Waals surface area contributed by atoms with Crippen molar-refractivity contribution >= 4 is 28.6 Å². The number of rotatable bonds is 1. The van der Waals surface area contributed by atoms with Gasteiger partial charge in [-0.15, -0.1) is 0 Å². The molecule has 15 heavy (non-hydrogen) atoms. The third-order valence-electron chi connectivity index (χ3n) is 2.34. The second-order valence-electron chi connectivity index (χ2n) is 3.30. The van der Waals surface area contributed by atoms with E-state index in [1.54, 1.807) is 6.07 Å². The predicted molar refractivity (Wildman–Crippen MR) is 59.3 cm³/mol. The van der Waals surface area contributed by atoms with Crippen LogP contribution in [0.2, 0.25) is 0 Å². The van der Waals surface area contributed by atoms with Crippen molar-refractivity contribution in [3.63, 3.8) is 0 Å². The predicted octanol–water partition coefficient (Wildman–Crippen LogP) is 2.74. The minimum atomic E-state index is -0.374. The van der Waals surface area contributed by atoms with E-state index in [0.29, 0.717) is 11.1 Å². The van der Waals surface area contributed by atoms with Crippen LogP contribution >= 0.6 is 11.8 Å². The number of hydrogen-bond acceptors (Lipinski definition) is 2. The molecule has 2 aromatic rings. The van der Waals surface area contributed by atoms with E-state index < -0.39 is 0 Å². The Balaban J connectivity index is 2.80. The minimum absolute atomic E-state index is 0.374. The lowest BCUT2D eigenvalue weighted by atomic mass is 10.1. The number of ether oxygens (including phenoxy) is 1. The molecule has 4 heteroatoms. The first-order valence-corrected chi connectivity index (χ1v) is 4.84. The van der Waals surface area contributed by atoms with E-state index in [9.17, 15) is 4.79 Å². The number of carbonyl (C=O) groups is 1. The van der Waals surface area contributed by atoms with Gasteiger partial charge in [-0.25, -0.2) is 4.79 Å². The quantitative estimate of drug-likeness (QED) is 0.696. The summed E-state index contributed by atoms with van der Waals surface area (Å²) in [5.41, 5.74) is 2.07. The van der Waals surface area contributed by atoms with Gasteiger partial charge in [-0.05, 0) is 19.1 Å². The topological polar surface area (TPSA) is 31.2 Å². The Morgan fingerprint density at radius 3 is 2.87 bits per heavy atom. The first-order chi connectivity index (χ1) is 7.15. The summed E-state index contributed by atoms with van der Waals surface area (Å²) in [4.78, 5) is 11.5. The van der Waals surface area contributed by atoms with Gasteiger partial charge >= 0.3 is 5.97 Å². The molecule has 0 radical (unpaired) electrons.